The third-order valence-electron chi connectivity index (χ3n) is 5.02. The topological polar surface area (TPSA) is 56.1 Å². The zero-order chi connectivity index (χ0) is 20.6. The standard InChI is InChI=1S/C23H25N3OS/c1-14-6-11-19(15(2)12-14)26-20(25-21(27)18(13-24)22(26)28)16-7-9-17(10-8-16)23(3,4)5/h6-12,20,28H,1-5H3,(H,25,27). The van der Waals surface area contributed by atoms with Gasteiger partial charge < -0.3 is 10.2 Å². The maximum atomic E-state index is 12.5. The Labute approximate surface area is 172 Å². The van der Waals surface area contributed by atoms with Crippen LogP contribution in [0.4, 0.5) is 5.69 Å². The molecule has 0 saturated carbocycles. The number of thiol groups is 1. The number of benzene rings is 2. The van der Waals surface area contributed by atoms with Gasteiger partial charge in [-0.2, -0.15) is 5.26 Å². The Hall–Kier alpha value is -2.71. The minimum absolute atomic E-state index is 0.0193. The Morgan fingerprint density at radius 2 is 1.75 bits per heavy atom. The minimum atomic E-state index is -0.437. The summed E-state index contributed by atoms with van der Waals surface area (Å²) < 4.78 is 0. The summed E-state index contributed by atoms with van der Waals surface area (Å²) in [6.45, 7) is 10.6. The van der Waals surface area contributed by atoms with Crippen LogP contribution in [0.25, 0.3) is 0 Å². The molecule has 3 rings (SSSR count). The van der Waals surface area contributed by atoms with Crippen molar-refractivity contribution in [3.05, 3.63) is 75.3 Å². The van der Waals surface area contributed by atoms with Crippen molar-refractivity contribution < 1.29 is 4.79 Å². The second-order valence-electron chi connectivity index (χ2n) is 8.22. The van der Waals surface area contributed by atoms with Gasteiger partial charge in [-0.1, -0.05) is 62.7 Å². The van der Waals surface area contributed by atoms with Crippen LogP contribution in [0, 0.1) is 25.2 Å². The second-order valence-corrected chi connectivity index (χ2v) is 8.64. The highest BCUT2D eigenvalue weighted by Gasteiger charge is 2.34. The van der Waals surface area contributed by atoms with Crippen molar-refractivity contribution in [2.75, 3.05) is 4.90 Å². The molecule has 5 heteroatoms. The molecule has 1 atom stereocenters. The van der Waals surface area contributed by atoms with Gasteiger partial charge >= 0.3 is 0 Å². The molecule has 2 aromatic rings. The number of nitrogens with zero attached hydrogens (tertiary/aromatic N) is 2. The zero-order valence-electron chi connectivity index (χ0n) is 16.9. The zero-order valence-corrected chi connectivity index (χ0v) is 17.8. The van der Waals surface area contributed by atoms with Crippen LogP contribution in [0.3, 0.4) is 0 Å². The number of rotatable bonds is 2. The van der Waals surface area contributed by atoms with Gasteiger partial charge in [0.05, 0.1) is 5.03 Å². The molecule has 0 fully saturated rings. The number of anilines is 1. The van der Waals surface area contributed by atoms with Crippen LogP contribution < -0.4 is 10.2 Å². The summed E-state index contributed by atoms with van der Waals surface area (Å²) in [7, 11) is 0. The summed E-state index contributed by atoms with van der Waals surface area (Å²) in [5.41, 5.74) is 5.33. The monoisotopic (exact) mass is 391 g/mol. The molecule has 0 aliphatic carbocycles. The third-order valence-corrected chi connectivity index (χ3v) is 5.46. The highest BCUT2D eigenvalue weighted by molar-refractivity contribution is 7.84. The van der Waals surface area contributed by atoms with Crippen molar-refractivity contribution in [2.45, 2.75) is 46.2 Å². The summed E-state index contributed by atoms with van der Waals surface area (Å²) in [5.74, 6) is -0.404. The van der Waals surface area contributed by atoms with E-state index >= 15 is 0 Å². The van der Waals surface area contributed by atoms with Gasteiger partial charge in [0.1, 0.15) is 17.8 Å². The number of carbonyl (C=O) groups is 1. The molecule has 0 saturated heterocycles. The summed E-state index contributed by atoms with van der Waals surface area (Å²) in [6, 6.07) is 16.3. The van der Waals surface area contributed by atoms with Crippen molar-refractivity contribution in [1.82, 2.24) is 5.32 Å². The fourth-order valence-electron chi connectivity index (χ4n) is 3.43. The van der Waals surface area contributed by atoms with Gasteiger partial charge in [0.2, 0.25) is 0 Å². The van der Waals surface area contributed by atoms with Crippen molar-refractivity contribution in [2.24, 2.45) is 0 Å². The smallest absolute Gasteiger partial charge is 0.266 e. The van der Waals surface area contributed by atoms with E-state index in [2.05, 4.69) is 56.9 Å². The van der Waals surface area contributed by atoms with Crippen molar-refractivity contribution >= 4 is 24.2 Å². The molecule has 0 radical (unpaired) electrons. The van der Waals surface area contributed by atoms with E-state index in [-0.39, 0.29) is 11.0 Å². The fourth-order valence-corrected chi connectivity index (χ4v) is 3.81. The van der Waals surface area contributed by atoms with Crippen LogP contribution in [0.1, 0.15) is 49.2 Å². The molecule has 144 valence electrons. The third kappa shape index (κ3) is 3.65. The first-order chi connectivity index (χ1) is 13.1. The number of hydrogen-bond donors (Lipinski definition) is 2. The molecule has 0 bridgehead atoms. The molecule has 1 N–H and O–H groups in total. The normalized spacial score (nSPS) is 17.4. The first-order valence-corrected chi connectivity index (χ1v) is 9.69. The second kappa shape index (κ2) is 7.37. The molecule has 1 aliphatic rings. The SMILES string of the molecule is Cc1ccc(N2C(S)=C(C#N)C(=O)NC2c2ccc(C(C)(C)C)cc2)c(C)c1. The van der Waals surface area contributed by atoms with Gasteiger partial charge in [-0.25, -0.2) is 0 Å². The summed E-state index contributed by atoms with van der Waals surface area (Å²) in [6.07, 6.45) is -0.437. The molecule has 0 aromatic heterocycles. The number of hydrogen-bond acceptors (Lipinski definition) is 4. The van der Waals surface area contributed by atoms with E-state index < -0.39 is 12.1 Å². The van der Waals surface area contributed by atoms with E-state index in [1.165, 1.54) is 5.56 Å². The van der Waals surface area contributed by atoms with Gasteiger partial charge in [-0.15, -0.1) is 12.6 Å². The molecule has 1 heterocycles. The number of nitriles is 1. The van der Waals surface area contributed by atoms with Crippen molar-refractivity contribution in [3.63, 3.8) is 0 Å². The van der Waals surface area contributed by atoms with Crippen LogP contribution in [0.2, 0.25) is 0 Å². The minimum Gasteiger partial charge on any atom is -0.327 e. The number of carbonyl (C=O) groups excluding carboxylic acids is 1. The van der Waals surface area contributed by atoms with Gasteiger partial charge in [0, 0.05) is 5.69 Å². The predicted molar refractivity (Wildman–Crippen MR) is 116 cm³/mol. The van der Waals surface area contributed by atoms with E-state index in [1.807, 2.05) is 49.1 Å². The molecule has 1 unspecified atom stereocenters. The molecular formula is C23H25N3OS. The van der Waals surface area contributed by atoms with E-state index in [1.54, 1.807) is 0 Å². The molecule has 2 aromatic carbocycles. The predicted octanol–water partition coefficient (Wildman–Crippen LogP) is 4.90. The average Bonchev–Trinajstić information content (AvgIpc) is 2.62. The molecule has 1 amide bonds. The quantitative estimate of drug-likeness (QED) is 0.716. The van der Waals surface area contributed by atoms with Crippen molar-refractivity contribution in [1.29, 1.82) is 5.26 Å². The molecule has 28 heavy (non-hydrogen) atoms. The fraction of sp³-hybridized carbons (Fsp3) is 0.304. The van der Waals surface area contributed by atoms with E-state index in [9.17, 15) is 10.1 Å². The van der Waals surface area contributed by atoms with Crippen LogP contribution >= 0.6 is 12.6 Å². The number of nitrogens with one attached hydrogen (secondary N) is 1. The highest BCUT2D eigenvalue weighted by Crippen LogP contribution is 2.38. The largest absolute Gasteiger partial charge is 0.327 e. The maximum absolute atomic E-state index is 12.5. The van der Waals surface area contributed by atoms with Crippen LogP contribution in [0.5, 0.6) is 0 Å². The first-order valence-electron chi connectivity index (χ1n) is 9.24. The Morgan fingerprint density at radius 1 is 1.11 bits per heavy atom. The lowest BCUT2D eigenvalue weighted by Crippen LogP contribution is -2.46. The average molecular weight is 392 g/mol. The summed E-state index contributed by atoms with van der Waals surface area (Å²) >= 11 is 4.57. The van der Waals surface area contributed by atoms with Crippen LogP contribution in [-0.4, -0.2) is 5.91 Å². The van der Waals surface area contributed by atoms with E-state index in [4.69, 9.17) is 0 Å². The van der Waals surface area contributed by atoms with Crippen LogP contribution in [0.15, 0.2) is 53.1 Å². The summed E-state index contributed by atoms with van der Waals surface area (Å²) in [5, 5.41) is 12.8. The highest BCUT2D eigenvalue weighted by atomic mass is 32.1. The lowest BCUT2D eigenvalue weighted by Gasteiger charge is -2.39. The molecular weight excluding hydrogens is 366 g/mol. The van der Waals surface area contributed by atoms with Crippen molar-refractivity contribution in [3.8, 4) is 6.07 Å². The Kier molecular flexibility index (Phi) is 5.27. The Bertz CT molecular complexity index is 994. The molecule has 0 spiro atoms. The van der Waals surface area contributed by atoms with Gasteiger partial charge in [0.15, 0.2) is 0 Å². The van der Waals surface area contributed by atoms with Gasteiger partial charge in [-0.3, -0.25) is 4.79 Å². The van der Waals surface area contributed by atoms with E-state index in [0.717, 1.165) is 22.4 Å². The number of aryl methyl sites for hydroxylation is 2. The maximum Gasteiger partial charge on any atom is 0.266 e. The molecule has 4 nitrogen and oxygen atoms in total. The first kappa shape index (κ1) is 20.0. The number of amides is 1. The molecule has 1 aliphatic heterocycles. The Balaban J connectivity index is 2.14. The lowest BCUT2D eigenvalue weighted by molar-refractivity contribution is -0.118. The van der Waals surface area contributed by atoms with Gasteiger partial charge in [0.25, 0.3) is 5.91 Å². The summed E-state index contributed by atoms with van der Waals surface area (Å²) in [4.78, 5) is 14.4. The Morgan fingerprint density at radius 3 is 2.29 bits per heavy atom. The van der Waals surface area contributed by atoms with Gasteiger partial charge in [-0.05, 0) is 42.0 Å². The lowest BCUT2D eigenvalue weighted by atomic mass is 9.86. The van der Waals surface area contributed by atoms with Crippen LogP contribution in [-0.2, 0) is 10.2 Å². The van der Waals surface area contributed by atoms with E-state index in [0.29, 0.717) is 5.03 Å².